The lowest BCUT2D eigenvalue weighted by molar-refractivity contribution is -0.870. The minimum absolute atomic E-state index is 0.0565. The highest BCUT2D eigenvalue weighted by Crippen LogP contribution is 2.38. The average Bonchev–Trinajstić information content (AvgIpc) is 3.51. The van der Waals surface area contributed by atoms with Gasteiger partial charge in [0.25, 0.3) is 7.82 Å². The number of phosphoric ester groups is 1. The smallest absolute Gasteiger partial charge is 0.306 e. The van der Waals surface area contributed by atoms with E-state index >= 15 is 0 Å². The number of likely N-dealkylation sites (N-methyl/N-ethyl adjacent to an activating group) is 1. The highest BCUT2D eigenvalue weighted by atomic mass is 31.2. The number of furan rings is 1. The molecule has 1 aromatic rings. The van der Waals surface area contributed by atoms with Crippen molar-refractivity contribution < 1.29 is 51.3 Å². The zero-order valence-corrected chi connectivity index (χ0v) is 42.1. The first kappa shape index (κ1) is 58.9. The lowest BCUT2D eigenvalue weighted by atomic mass is 10.0. The maximum Gasteiger partial charge on any atom is 0.306 e. The van der Waals surface area contributed by atoms with Crippen molar-refractivity contribution in [3.63, 3.8) is 0 Å². The second-order valence-electron chi connectivity index (χ2n) is 18.1. The summed E-state index contributed by atoms with van der Waals surface area (Å²) in [5, 5.41) is 0. The summed E-state index contributed by atoms with van der Waals surface area (Å²) in [6.07, 6.45) is 38.0. The van der Waals surface area contributed by atoms with Crippen LogP contribution < -0.4 is 4.89 Å². The molecule has 0 aromatic carbocycles. The van der Waals surface area contributed by atoms with Gasteiger partial charge in [-0.3, -0.25) is 18.9 Å². The molecule has 1 aromatic heterocycles. The second kappa shape index (κ2) is 37.1. The predicted octanol–water partition coefficient (Wildman–Crippen LogP) is 12.5. The molecule has 0 saturated heterocycles. The number of hydrogen-bond acceptors (Lipinski definition) is 10. The van der Waals surface area contributed by atoms with Crippen LogP contribution in [0.1, 0.15) is 184 Å². The van der Waals surface area contributed by atoms with Gasteiger partial charge in [-0.25, -0.2) is 0 Å². The number of carbonyl (C=O) groups excluding carboxylic acids is 3. The molecule has 0 saturated carbocycles. The Hall–Kier alpha value is -3.08. The van der Waals surface area contributed by atoms with Crippen LogP contribution in [0.15, 0.2) is 53.0 Å². The summed E-state index contributed by atoms with van der Waals surface area (Å²) in [7, 11) is 1.08. The summed E-state index contributed by atoms with van der Waals surface area (Å²) in [4.78, 5) is 49.5. The Morgan fingerprint density at radius 3 is 1.80 bits per heavy atom. The van der Waals surface area contributed by atoms with Gasteiger partial charge in [0.05, 0.1) is 27.7 Å². The first-order chi connectivity index (χ1) is 30.7. The number of rotatable bonds is 41. The molecule has 11 nitrogen and oxygen atoms in total. The van der Waals surface area contributed by atoms with Crippen LogP contribution in [0.25, 0.3) is 0 Å². The fourth-order valence-electron chi connectivity index (χ4n) is 6.84. The monoisotopic (exact) mass is 918 g/mol. The molecule has 0 fully saturated rings. The topological polar surface area (TPSA) is 141 Å². The van der Waals surface area contributed by atoms with Crippen molar-refractivity contribution in [2.45, 2.75) is 194 Å². The minimum atomic E-state index is -4.67. The van der Waals surface area contributed by atoms with E-state index in [-0.39, 0.29) is 31.8 Å². The van der Waals surface area contributed by atoms with Crippen LogP contribution in [0.2, 0.25) is 0 Å². The van der Waals surface area contributed by atoms with Gasteiger partial charge in [0.1, 0.15) is 31.3 Å². The molecule has 0 radical (unpaired) electrons. The van der Waals surface area contributed by atoms with Crippen molar-refractivity contribution in [3.8, 4) is 0 Å². The van der Waals surface area contributed by atoms with Crippen molar-refractivity contribution in [3.05, 3.63) is 71.3 Å². The Morgan fingerprint density at radius 2 is 1.17 bits per heavy atom. The number of hydrogen-bond donors (Lipinski definition) is 0. The highest BCUT2D eigenvalue weighted by Gasteiger charge is 2.22. The van der Waals surface area contributed by atoms with Crippen molar-refractivity contribution in [2.75, 3.05) is 47.5 Å². The Balaban J connectivity index is 2.36. The molecular weight excluding hydrogens is 830 g/mol. The summed E-state index contributed by atoms with van der Waals surface area (Å²) in [5.74, 6) is 1.57. The number of ketones is 1. The molecule has 0 aliphatic heterocycles. The van der Waals surface area contributed by atoms with Crippen LogP contribution >= 0.6 is 7.82 Å². The molecule has 0 amide bonds. The maximum absolute atomic E-state index is 12.8. The normalized spacial score (nSPS) is 13.8. The molecule has 2 atom stereocenters. The lowest BCUT2D eigenvalue weighted by Crippen LogP contribution is -2.37. The summed E-state index contributed by atoms with van der Waals surface area (Å²) < 4.78 is 40.2. The third-order valence-electron chi connectivity index (χ3n) is 11.0. The van der Waals surface area contributed by atoms with Crippen LogP contribution in [-0.2, 0) is 50.3 Å². The van der Waals surface area contributed by atoms with E-state index in [1.54, 1.807) is 12.2 Å². The Kier molecular flexibility index (Phi) is 34.1. The SMILES string of the molecule is CCCCCC(=O)/C=C/C=C\C/C=C\C/C=C\CCCC(=O)OC[C@H](COP(=O)([O-])OCC[N+](C)(C)C)OC(=O)CCCCCCCCCCCCc1oc(CCCCC)c(C)c1C. The zero-order valence-electron chi connectivity index (χ0n) is 41.2. The van der Waals surface area contributed by atoms with Gasteiger partial charge in [0.2, 0.25) is 0 Å². The summed E-state index contributed by atoms with van der Waals surface area (Å²) in [5.41, 5.74) is 2.68. The number of carbonyl (C=O) groups is 3. The Labute approximate surface area is 388 Å². The van der Waals surface area contributed by atoms with E-state index in [4.69, 9.17) is 22.9 Å². The quantitative estimate of drug-likeness (QED) is 0.0118. The number of ether oxygens (including phenoxy) is 2. The van der Waals surface area contributed by atoms with Gasteiger partial charge in [-0.1, -0.05) is 133 Å². The molecule has 1 heterocycles. The van der Waals surface area contributed by atoms with E-state index in [1.807, 2.05) is 45.4 Å². The molecule has 0 aliphatic carbocycles. The number of allylic oxidation sites excluding steroid dienone is 8. The lowest BCUT2D eigenvalue weighted by Gasteiger charge is -2.28. The molecule has 1 rings (SSSR count). The van der Waals surface area contributed by atoms with Crippen LogP contribution in [0, 0.1) is 13.8 Å². The number of nitrogens with zero attached hydrogens (tertiary/aromatic N) is 1. The third-order valence-corrected chi connectivity index (χ3v) is 12.0. The fourth-order valence-corrected chi connectivity index (χ4v) is 7.57. The van der Waals surface area contributed by atoms with Crippen molar-refractivity contribution in [1.82, 2.24) is 0 Å². The summed E-state index contributed by atoms with van der Waals surface area (Å²) >= 11 is 0. The van der Waals surface area contributed by atoms with E-state index in [0.717, 1.165) is 70.6 Å². The van der Waals surface area contributed by atoms with Gasteiger partial charge in [-0.2, -0.15) is 0 Å². The number of unbranched alkanes of at least 4 members (excludes halogenated alkanes) is 14. The molecular formula is C52H88NO10P. The second-order valence-corrected chi connectivity index (χ2v) is 19.5. The summed E-state index contributed by atoms with van der Waals surface area (Å²) in [6, 6.07) is 0. The Bertz CT molecular complexity index is 1570. The number of aryl methyl sites for hydroxylation is 2. The van der Waals surface area contributed by atoms with Gasteiger partial charge in [-0.15, -0.1) is 0 Å². The maximum atomic E-state index is 12.8. The van der Waals surface area contributed by atoms with Crippen LogP contribution in [0.3, 0.4) is 0 Å². The van der Waals surface area contributed by atoms with Gasteiger partial charge >= 0.3 is 11.9 Å². The fraction of sp³-hybridized carbons (Fsp3) is 0.712. The van der Waals surface area contributed by atoms with Gasteiger partial charge in [-0.05, 0) is 82.4 Å². The average molecular weight is 918 g/mol. The molecule has 0 aliphatic rings. The molecule has 0 bridgehead atoms. The van der Waals surface area contributed by atoms with Gasteiger partial charge < -0.3 is 32.3 Å². The third kappa shape index (κ3) is 33.4. The minimum Gasteiger partial charge on any atom is -0.756 e. The predicted molar refractivity (Wildman–Crippen MR) is 258 cm³/mol. The molecule has 1 unspecified atom stereocenters. The molecule has 0 N–H and O–H groups in total. The van der Waals surface area contributed by atoms with Crippen molar-refractivity contribution >= 4 is 25.5 Å². The first-order valence-corrected chi connectivity index (χ1v) is 26.1. The Morgan fingerprint density at radius 1 is 0.641 bits per heavy atom. The van der Waals surface area contributed by atoms with Gasteiger partial charge in [0.15, 0.2) is 11.9 Å². The highest BCUT2D eigenvalue weighted by molar-refractivity contribution is 7.45. The number of quaternary nitrogens is 1. The van der Waals surface area contributed by atoms with Crippen LogP contribution in [-0.4, -0.2) is 75.8 Å². The van der Waals surface area contributed by atoms with Crippen LogP contribution in [0.4, 0.5) is 0 Å². The van der Waals surface area contributed by atoms with E-state index < -0.39 is 32.5 Å². The largest absolute Gasteiger partial charge is 0.756 e. The molecule has 12 heteroatoms. The first-order valence-electron chi connectivity index (χ1n) is 24.7. The number of phosphoric acid groups is 1. The molecule has 366 valence electrons. The van der Waals surface area contributed by atoms with Gasteiger partial charge in [0, 0.05) is 32.1 Å². The van der Waals surface area contributed by atoms with E-state index in [2.05, 4.69) is 39.8 Å². The molecule has 64 heavy (non-hydrogen) atoms. The van der Waals surface area contributed by atoms with E-state index in [9.17, 15) is 23.8 Å². The number of esters is 2. The zero-order chi connectivity index (χ0) is 47.3. The van der Waals surface area contributed by atoms with Crippen molar-refractivity contribution in [1.29, 1.82) is 0 Å². The molecule has 0 spiro atoms. The van der Waals surface area contributed by atoms with Crippen LogP contribution in [0.5, 0.6) is 0 Å². The standard InChI is InChI=1S/C52H88NO10P/c1-8-10-29-35-47(54)36-31-25-21-17-13-12-14-19-23-27-33-39-51(55)59-43-48(44-61-64(57,58)60-42-41-53(5,6)7)62-52(56)40-34-28-24-20-16-15-18-22-26-32-38-50-46(4)45(3)49(63-50)37-30-11-9-2/h12-13,19,21,23,25,31,36,48H,8-11,14-18,20,22,24,26-30,32-35,37-44H2,1-7H3/b13-12-,23-19-,25-21-,36-31+/t48-/m1/s1. The van der Waals surface area contributed by atoms with Crippen molar-refractivity contribution in [2.24, 2.45) is 0 Å². The summed E-state index contributed by atoms with van der Waals surface area (Å²) in [6.45, 7) is 8.32. The van der Waals surface area contributed by atoms with E-state index in [1.165, 1.54) is 74.0 Å². The van der Waals surface area contributed by atoms with E-state index in [0.29, 0.717) is 36.7 Å².